The Hall–Kier alpha value is -1.38. The normalized spacial score (nSPS) is 12.5. The Balaban J connectivity index is 3.47. The summed E-state index contributed by atoms with van der Waals surface area (Å²) < 4.78 is 0. The van der Waals surface area contributed by atoms with Crippen molar-refractivity contribution in [1.82, 2.24) is 0 Å². The van der Waals surface area contributed by atoms with Crippen molar-refractivity contribution in [2.24, 2.45) is 0 Å². The minimum absolute atomic E-state index is 0.229. The molecule has 1 aromatic carbocycles. The molecule has 1 aromatic rings. The third-order valence-electron chi connectivity index (χ3n) is 3.19. The van der Waals surface area contributed by atoms with E-state index in [2.05, 4.69) is 13.8 Å². The third-order valence-corrected chi connectivity index (χ3v) is 3.19. The van der Waals surface area contributed by atoms with Crippen LogP contribution in [0.2, 0.25) is 0 Å². The summed E-state index contributed by atoms with van der Waals surface area (Å²) in [7, 11) is 0. The summed E-state index contributed by atoms with van der Waals surface area (Å²) in [5.74, 6) is 0.242. The van der Waals surface area contributed by atoms with Gasteiger partial charge in [0.15, 0.2) is 0 Å². The van der Waals surface area contributed by atoms with E-state index in [4.69, 9.17) is 0 Å². The Bertz CT molecular complexity index is 399. The zero-order valence-electron chi connectivity index (χ0n) is 10.4. The predicted octanol–water partition coefficient (Wildman–Crippen LogP) is 3.98. The lowest BCUT2D eigenvalue weighted by molar-refractivity contribution is -0.386. The van der Waals surface area contributed by atoms with Crippen LogP contribution in [-0.4, -0.2) is 4.92 Å². The number of nitro groups is 1. The molecule has 3 heteroatoms. The van der Waals surface area contributed by atoms with Crippen LogP contribution in [0.25, 0.3) is 0 Å². The molecule has 0 radical (unpaired) electrons. The molecule has 16 heavy (non-hydrogen) atoms. The fraction of sp³-hybridized carbons (Fsp3) is 0.538. The quantitative estimate of drug-likeness (QED) is 0.570. The molecular weight excluding hydrogens is 202 g/mol. The lowest BCUT2D eigenvalue weighted by atomic mass is 9.90. The van der Waals surface area contributed by atoms with Gasteiger partial charge in [0.05, 0.1) is 4.92 Å². The molecular formula is C13H19NO2. The number of benzene rings is 1. The molecule has 1 unspecified atom stereocenters. The van der Waals surface area contributed by atoms with Crippen molar-refractivity contribution in [2.45, 2.75) is 46.5 Å². The minimum atomic E-state index is -0.229. The zero-order valence-corrected chi connectivity index (χ0v) is 10.4. The summed E-state index contributed by atoms with van der Waals surface area (Å²) in [5, 5.41) is 11.2. The molecule has 0 aliphatic carbocycles. The van der Waals surface area contributed by atoms with Gasteiger partial charge < -0.3 is 0 Å². The fourth-order valence-electron chi connectivity index (χ4n) is 2.08. The van der Waals surface area contributed by atoms with Crippen LogP contribution >= 0.6 is 0 Å². The second-order valence-corrected chi connectivity index (χ2v) is 4.22. The molecule has 3 nitrogen and oxygen atoms in total. The van der Waals surface area contributed by atoms with E-state index in [1.165, 1.54) is 0 Å². The summed E-state index contributed by atoms with van der Waals surface area (Å²) in [6, 6.07) is 3.87. The minimum Gasteiger partial charge on any atom is -0.258 e. The van der Waals surface area contributed by atoms with E-state index in [0.29, 0.717) is 12.1 Å². The molecule has 0 aromatic heterocycles. The van der Waals surface area contributed by atoms with Crippen molar-refractivity contribution in [3.8, 4) is 0 Å². The maximum absolute atomic E-state index is 11.2. The van der Waals surface area contributed by atoms with Crippen LogP contribution in [0.1, 0.15) is 49.8 Å². The van der Waals surface area contributed by atoms with Crippen LogP contribution in [0.3, 0.4) is 0 Å². The Morgan fingerprint density at radius 3 is 2.44 bits per heavy atom. The topological polar surface area (TPSA) is 43.1 Å². The van der Waals surface area contributed by atoms with Gasteiger partial charge in [-0.15, -0.1) is 0 Å². The van der Waals surface area contributed by atoms with Gasteiger partial charge in [-0.05, 0) is 31.2 Å². The predicted molar refractivity (Wildman–Crippen MR) is 65.9 cm³/mol. The number of aryl methyl sites for hydroxylation is 2. The van der Waals surface area contributed by atoms with Crippen molar-refractivity contribution in [3.63, 3.8) is 0 Å². The maximum atomic E-state index is 11.2. The smallest absolute Gasteiger partial charge is 0.258 e. The second kappa shape index (κ2) is 5.10. The highest BCUT2D eigenvalue weighted by molar-refractivity contribution is 5.53. The van der Waals surface area contributed by atoms with Crippen molar-refractivity contribution in [2.75, 3.05) is 0 Å². The van der Waals surface area contributed by atoms with Crippen LogP contribution in [-0.2, 0) is 6.42 Å². The van der Waals surface area contributed by atoms with Crippen LogP contribution in [0, 0.1) is 17.0 Å². The lowest BCUT2D eigenvalue weighted by Gasteiger charge is -2.15. The van der Waals surface area contributed by atoms with Crippen LogP contribution in [0.15, 0.2) is 12.1 Å². The summed E-state index contributed by atoms with van der Waals surface area (Å²) in [4.78, 5) is 11.0. The molecule has 0 aliphatic rings. The molecule has 0 N–H and O–H groups in total. The first kappa shape index (κ1) is 12.7. The van der Waals surface area contributed by atoms with Crippen molar-refractivity contribution >= 4 is 5.69 Å². The van der Waals surface area contributed by atoms with Crippen LogP contribution in [0.5, 0.6) is 0 Å². The van der Waals surface area contributed by atoms with Crippen LogP contribution in [0.4, 0.5) is 5.69 Å². The number of nitrogens with zero attached hydrogens (tertiary/aromatic N) is 1. The lowest BCUT2D eigenvalue weighted by Crippen LogP contribution is -2.05. The number of hydrogen-bond donors (Lipinski definition) is 0. The standard InChI is InChI=1S/C13H19NO2/c1-5-9(3)12-10(4)7-8-11(6-2)13(12)14(15)16/h7-9H,5-6H2,1-4H3. The average Bonchev–Trinajstić information content (AvgIpc) is 2.27. The van der Waals surface area contributed by atoms with Gasteiger partial charge in [-0.2, -0.15) is 0 Å². The zero-order chi connectivity index (χ0) is 12.3. The largest absolute Gasteiger partial charge is 0.276 e. The Morgan fingerprint density at radius 2 is 2.00 bits per heavy atom. The first-order valence-corrected chi connectivity index (χ1v) is 5.79. The molecule has 88 valence electrons. The van der Waals surface area contributed by atoms with E-state index >= 15 is 0 Å². The molecule has 1 atom stereocenters. The first-order valence-electron chi connectivity index (χ1n) is 5.79. The molecule has 0 amide bonds. The molecule has 1 rings (SSSR count). The summed E-state index contributed by atoms with van der Waals surface area (Å²) >= 11 is 0. The average molecular weight is 221 g/mol. The van der Waals surface area contributed by atoms with Gasteiger partial charge in [0.1, 0.15) is 0 Å². The molecule has 0 saturated heterocycles. The van der Waals surface area contributed by atoms with Gasteiger partial charge in [-0.3, -0.25) is 10.1 Å². The Labute approximate surface area is 96.6 Å². The van der Waals surface area contributed by atoms with E-state index < -0.39 is 0 Å². The monoisotopic (exact) mass is 221 g/mol. The van der Waals surface area contributed by atoms with E-state index in [-0.39, 0.29) is 10.8 Å². The SMILES string of the molecule is CCc1ccc(C)c(C(C)CC)c1[N+](=O)[O-]. The third kappa shape index (κ3) is 2.23. The van der Waals surface area contributed by atoms with Gasteiger partial charge >= 0.3 is 0 Å². The maximum Gasteiger partial charge on any atom is 0.276 e. The number of hydrogen-bond acceptors (Lipinski definition) is 2. The highest BCUT2D eigenvalue weighted by Gasteiger charge is 2.23. The second-order valence-electron chi connectivity index (χ2n) is 4.22. The van der Waals surface area contributed by atoms with Gasteiger partial charge in [0, 0.05) is 11.1 Å². The molecule has 0 spiro atoms. The van der Waals surface area contributed by atoms with Crippen LogP contribution < -0.4 is 0 Å². The molecule has 0 bridgehead atoms. The Morgan fingerprint density at radius 1 is 1.38 bits per heavy atom. The van der Waals surface area contributed by atoms with E-state index in [1.807, 2.05) is 26.0 Å². The van der Waals surface area contributed by atoms with Gasteiger partial charge in [-0.25, -0.2) is 0 Å². The summed E-state index contributed by atoms with van der Waals surface area (Å²) in [6.07, 6.45) is 1.63. The van der Waals surface area contributed by atoms with E-state index in [1.54, 1.807) is 0 Å². The molecule has 0 aliphatic heterocycles. The molecule has 0 saturated carbocycles. The number of nitro benzene ring substituents is 1. The summed E-state index contributed by atoms with van der Waals surface area (Å²) in [6.45, 7) is 8.02. The molecule has 0 fully saturated rings. The highest BCUT2D eigenvalue weighted by Crippen LogP contribution is 2.34. The van der Waals surface area contributed by atoms with E-state index in [9.17, 15) is 10.1 Å². The van der Waals surface area contributed by atoms with E-state index in [0.717, 1.165) is 23.1 Å². The number of rotatable bonds is 4. The summed E-state index contributed by atoms with van der Waals surface area (Å²) in [5.41, 5.74) is 3.10. The van der Waals surface area contributed by atoms with Crippen molar-refractivity contribution in [3.05, 3.63) is 38.9 Å². The fourth-order valence-corrected chi connectivity index (χ4v) is 2.08. The molecule has 0 heterocycles. The van der Waals surface area contributed by atoms with Gasteiger partial charge in [-0.1, -0.05) is 32.9 Å². The van der Waals surface area contributed by atoms with Gasteiger partial charge in [0.2, 0.25) is 0 Å². The Kier molecular flexibility index (Phi) is 4.05. The van der Waals surface area contributed by atoms with Crippen molar-refractivity contribution < 1.29 is 4.92 Å². The van der Waals surface area contributed by atoms with Gasteiger partial charge in [0.25, 0.3) is 5.69 Å². The highest BCUT2D eigenvalue weighted by atomic mass is 16.6. The van der Waals surface area contributed by atoms with Crippen molar-refractivity contribution in [1.29, 1.82) is 0 Å². The first-order chi connectivity index (χ1) is 7.52.